The van der Waals surface area contributed by atoms with E-state index in [1.54, 1.807) is 26.8 Å². The molecule has 2 rings (SSSR count). The van der Waals surface area contributed by atoms with Crippen molar-refractivity contribution in [3.05, 3.63) is 41.2 Å². The van der Waals surface area contributed by atoms with E-state index in [0.29, 0.717) is 5.56 Å². The minimum atomic E-state index is -0.665. The highest BCUT2D eigenvalue weighted by Crippen LogP contribution is 2.36. The van der Waals surface area contributed by atoms with Crippen molar-refractivity contribution in [3.8, 4) is 5.75 Å². The zero-order chi connectivity index (χ0) is 18.8. The van der Waals surface area contributed by atoms with Crippen LogP contribution in [0.2, 0.25) is 0 Å². The second-order valence-corrected chi connectivity index (χ2v) is 6.81. The van der Waals surface area contributed by atoms with E-state index in [4.69, 9.17) is 4.74 Å². The lowest BCUT2D eigenvalue weighted by Gasteiger charge is -2.35. The van der Waals surface area contributed by atoms with Gasteiger partial charge in [-0.15, -0.1) is 0 Å². The number of nitrogens with zero attached hydrogens (tertiary/aromatic N) is 1. The molecule has 1 heterocycles. The monoisotopic (exact) mass is 349 g/mol. The number of hydrogen-bond acceptors (Lipinski definition) is 6. The smallest absolute Gasteiger partial charge is 0.411 e. The predicted molar refractivity (Wildman–Crippen MR) is 90.5 cm³/mol. The van der Waals surface area contributed by atoms with E-state index < -0.39 is 23.7 Å². The number of methoxy groups -OCH3 is 1. The van der Waals surface area contributed by atoms with Gasteiger partial charge in [-0.05, 0) is 39.0 Å². The fourth-order valence-electron chi connectivity index (χ4n) is 2.59. The molecule has 0 bridgehead atoms. The summed E-state index contributed by atoms with van der Waals surface area (Å²) in [7, 11) is 1.25. The van der Waals surface area contributed by atoms with Crippen molar-refractivity contribution < 1.29 is 29.3 Å². The number of amides is 1. The molecule has 1 aliphatic rings. The average molecular weight is 349 g/mol. The molecule has 0 saturated carbocycles. The molecular weight excluding hydrogens is 326 g/mol. The molecule has 2 N–H and O–H groups in total. The Balaban J connectivity index is 2.35. The SMILES string of the molecule is COC(=O)c1ccc([C@@H]2CC(O)=CCN2C(=O)OC(C)(C)C)c(O)c1. The molecule has 0 fully saturated rings. The summed E-state index contributed by atoms with van der Waals surface area (Å²) in [6.45, 7) is 5.45. The van der Waals surface area contributed by atoms with Gasteiger partial charge in [0.15, 0.2) is 0 Å². The van der Waals surface area contributed by atoms with Crippen LogP contribution in [-0.2, 0) is 9.47 Å². The first-order chi connectivity index (χ1) is 11.6. The molecule has 0 aliphatic carbocycles. The largest absolute Gasteiger partial charge is 0.512 e. The fraction of sp³-hybridized carbons (Fsp3) is 0.444. The summed E-state index contributed by atoms with van der Waals surface area (Å²) < 4.78 is 10.0. The molecule has 0 radical (unpaired) electrons. The number of rotatable bonds is 2. The molecule has 1 aliphatic heterocycles. The third-order valence-corrected chi connectivity index (χ3v) is 3.74. The highest BCUT2D eigenvalue weighted by molar-refractivity contribution is 5.90. The molecule has 0 unspecified atom stereocenters. The van der Waals surface area contributed by atoms with Crippen molar-refractivity contribution in [1.29, 1.82) is 0 Å². The minimum absolute atomic E-state index is 0.126. The Bertz CT molecular complexity index is 704. The van der Waals surface area contributed by atoms with E-state index in [1.807, 2.05) is 0 Å². The van der Waals surface area contributed by atoms with Gasteiger partial charge in [-0.1, -0.05) is 6.07 Å². The van der Waals surface area contributed by atoms with Crippen molar-refractivity contribution in [2.45, 2.75) is 38.8 Å². The Kier molecular flexibility index (Phi) is 5.25. The Labute approximate surface area is 146 Å². The Morgan fingerprint density at radius 1 is 1.24 bits per heavy atom. The number of carbonyl (C=O) groups is 2. The molecule has 0 aromatic heterocycles. The minimum Gasteiger partial charge on any atom is -0.512 e. The number of phenolic OH excluding ortho intramolecular Hbond substituents is 1. The van der Waals surface area contributed by atoms with Gasteiger partial charge in [0.2, 0.25) is 0 Å². The lowest BCUT2D eigenvalue weighted by molar-refractivity contribution is 0.0154. The zero-order valence-electron chi connectivity index (χ0n) is 14.8. The first-order valence-electron chi connectivity index (χ1n) is 7.91. The summed E-state index contributed by atoms with van der Waals surface area (Å²) >= 11 is 0. The molecule has 0 spiro atoms. The van der Waals surface area contributed by atoms with Crippen molar-refractivity contribution >= 4 is 12.1 Å². The number of hydrogen-bond donors (Lipinski definition) is 2. The summed E-state index contributed by atoms with van der Waals surface area (Å²) in [5, 5.41) is 20.2. The third-order valence-electron chi connectivity index (χ3n) is 3.74. The number of benzene rings is 1. The van der Waals surface area contributed by atoms with Gasteiger partial charge in [0.05, 0.1) is 24.5 Å². The van der Waals surface area contributed by atoms with E-state index in [1.165, 1.54) is 30.2 Å². The van der Waals surface area contributed by atoms with Crippen LogP contribution < -0.4 is 0 Å². The molecule has 0 saturated heterocycles. The summed E-state index contributed by atoms with van der Waals surface area (Å²) in [4.78, 5) is 25.5. The first kappa shape index (κ1) is 18.6. The second-order valence-electron chi connectivity index (χ2n) is 6.81. The first-order valence-corrected chi connectivity index (χ1v) is 7.91. The van der Waals surface area contributed by atoms with Crippen LogP contribution in [0.25, 0.3) is 0 Å². The molecule has 1 atom stereocenters. The van der Waals surface area contributed by atoms with Gasteiger partial charge in [0, 0.05) is 18.5 Å². The lowest BCUT2D eigenvalue weighted by Crippen LogP contribution is -2.41. The average Bonchev–Trinajstić information content (AvgIpc) is 2.52. The van der Waals surface area contributed by atoms with Crippen LogP contribution >= 0.6 is 0 Å². The third kappa shape index (κ3) is 4.43. The van der Waals surface area contributed by atoms with E-state index in [9.17, 15) is 19.8 Å². The normalized spacial score (nSPS) is 17.7. The molecule has 1 aromatic carbocycles. The van der Waals surface area contributed by atoms with Gasteiger partial charge in [-0.2, -0.15) is 0 Å². The molecule has 1 amide bonds. The maximum atomic E-state index is 12.5. The van der Waals surface area contributed by atoms with Gasteiger partial charge in [0.1, 0.15) is 11.4 Å². The van der Waals surface area contributed by atoms with Crippen LogP contribution in [0.3, 0.4) is 0 Å². The number of aliphatic hydroxyl groups is 1. The highest BCUT2D eigenvalue weighted by Gasteiger charge is 2.33. The number of aliphatic hydroxyl groups excluding tert-OH is 1. The Morgan fingerprint density at radius 3 is 2.48 bits per heavy atom. The quantitative estimate of drug-likeness (QED) is 0.795. The maximum absolute atomic E-state index is 12.5. The van der Waals surface area contributed by atoms with Crippen molar-refractivity contribution in [3.63, 3.8) is 0 Å². The molecule has 7 heteroatoms. The Hall–Kier alpha value is -2.70. The van der Waals surface area contributed by atoms with Crippen molar-refractivity contribution in [2.75, 3.05) is 13.7 Å². The van der Waals surface area contributed by atoms with Crippen LogP contribution in [0.1, 0.15) is 49.2 Å². The summed E-state index contributed by atoms with van der Waals surface area (Å²) in [5.41, 5.74) is -0.0527. The fourth-order valence-corrected chi connectivity index (χ4v) is 2.59. The van der Waals surface area contributed by atoms with E-state index in [2.05, 4.69) is 4.74 Å². The summed E-state index contributed by atoms with van der Waals surface area (Å²) in [6.07, 6.45) is 1.13. The number of ether oxygens (including phenoxy) is 2. The number of esters is 1. The topological polar surface area (TPSA) is 96.3 Å². The van der Waals surface area contributed by atoms with Crippen LogP contribution in [-0.4, -0.2) is 46.4 Å². The highest BCUT2D eigenvalue weighted by atomic mass is 16.6. The van der Waals surface area contributed by atoms with Gasteiger partial charge in [0.25, 0.3) is 0 Å². The van der Waals surface area contributed by atoms with E-state index in [-0.39, 0.29) is 30.0 Å². The van der Waals surface area contributed by atoms with E-state index >= 15 is 0 Å². The zero-order valence-corrected chi connectivity index (χ0v) is 14.8. The Morgan fingerprint density at radius 2 is 1.92 bits per heavy atom. The van der Waals surface area contributed by atoms with Crippen LogP contribution in [0.5, 0.6) is 5.75 Å². The van der Waals surface area contributed by atoms with Gasteiger partial charge < -0.3 is 19.7 Å². The van der Waals surface area contributed by atoms with Gasteiger partial charge >= 0.3 is 12.1 Å². The van der Waals surface area contributed by atoms with Crippen molar-refractivity contribution in [1.82, 2.24) is 4.90 Å². The molecule has 136 valence electrons. The number of carbonyl (C=O) groups excluding carboxylic acids is 2. The van der Waals surface area contributed by atoms with Crippen LogP contribution in [0.4, 0.5) is 4.79 Å². The number of phenols is 1. The standard InChI is InChI=1S/C18H23NO6/c1-18(2,3)25-17(23)19-8-7-12(20)10-14(19)13-6-5-11(9-15(13)21)16(22)24-4/h5-7,9,14,20-21H,8,10H2,1-4H3/t14-/m0/s1. The van der Waals surface area contributed by atoms with Gasteiger partial charge in [-0.25, -0.2) is 9.59 Å². The molecule has 1 aromatic rings. The molecule has 7 nitrogen and oxygen atoms in total. The lowest BCUT2D eigenvalue weighted by atomic mass is 9.96. The predicted octanol–water partition coefficient (Wildman–Crippen LogP) is 3.30. The molecular formula is C18H23NO6. The number of aromatic hydroxyl groups is 1. The second kappa shape index (κ2) is 7.04. The van der Waals surface area contributed by atoms with Crippen LogP contribution in [0, 0.1) is 0 Å². The molecule has 25 heavy (non-hydrogen) atoms. The summed E-state index contributed by atoms with van der Waals surface area (Å²) in [5.74, 6) is -0.602. The van der Waals surface area contributed by atoms with E-state index in [0.717, 1.165) is 0 Å². The van der Waals surface area contributed by atoms with Gasteiger partial charge in [-0.3, -0.25) is 4.90 Å². The summed E-state index contributed by atoms with van der Waals surface area (Å²) in [6, 6.07) is 3.72. The maximum Gasteiger partial charge on any atom is 0.411 e. The van der Waals surface area contributed by atoms with Crippen LogP contribution in [0.15, 0.2) is 30.0 Å². The van der Waals surface area contributed by atoms with Crippen molar-refractivity contribution in [2.24, 2.45) is 0 Å².